The first-order valence-electron chi connectivity index (χ1n) is 4.62. The standard InChI is InChI=1S/C11H11ClN2O/c1-8-2-4-9(5-3-8)7-14-11(12)10(15)6-13-14/h2-6,15H,7H2,1H3. The van der Waals surface area contributed by atoms with Gasteiger partial charge in [0.05, 0.1) is 12.7 Å². The minimum absolute atomic E-state index is 0.0174. The third kappa shape index (κ3) is 2.13. The van der Waals surface area contributed by atoms with Crippen LogP contribution in [0.1, 0.15) is 11.1 Å². The van der Waals surface area contributed by atoms with Crippen molar-refractivity contribution >= 4 is 11.6 Å². The second-order valence-electron chi connectivity index (χ2n) is 3.46. The van der Waals surface area contributed by atoms with Crippen molar-refractivity contribution in [3.8, 4) is 5.75 Å². The Morgan fingerprint density at radius 1 is 1.33 bits per heavy atom. The van der Waals surface area contributed by atoms with E-state index in [-0.39, 0.29) is 10.9 Å². The highest BCUT2D eigenvalue weighted by molar-refractivity contribution is 6.30. The summed E-state index contributed by atoms with van der Waals surface area (Å²) >= 11 is 5.84. The normalized spacial score (nSPS) is 10.5. The summed E-state index contributed by atoms with van der Waals surface area (Å²) in [6.07, 6.45) is 1.34. The highest BCUT2D eigenvalue weighted by atomic mass is 35.5. The van der Waals surface area contributed by atoms with Gasteiger partial charge in [-0.2, -0.15) is 5.10 Å². The summed E-state index contributed by atoms with van der Waals surface area (Å²) in [7, 11) is 0. The van der Waals surface area contributed by atoms with Crippen LogP contribution in [0.25, 0.3) is 0 Å². The minimum Gasteiger partial charge on any atom is -0.504 e. The number of aromatic nitrogens is 2. The average molecular weight is 223 g/mol. The minimum atomic E-state index is 0.0174. The molecule has 78 valence electrons. The van der Waals surface area contributed by atoms with Crippen LogP contribution in [0.15, 0.2) is 30.5 Å². The molecule has 0 fully saturated rings. The van der Waals surface area contributed by atoms with E-state index in [1.54, 1.807) is 4.68 Å². The van der Waals surface area contributed by atoms with Gasteiger partial charge in [0.15, 0.2) is 10.9 Å². The van der Waals surface area contributed by atoms with Gasteiger partial charge >= 0.3 is 0 Å². The van der Waals surface area contributed by atoms with Crippen LogP contribution >= 0.6 is 11.6 Å². The zero-order valence-electron chi connectivity index (χ0n) is 8.31. The van der Waals surface area contributed by atoms with E-state index in [1.807, 2.05) is 31.2 Å². The molecule has 4 heteroatoms. The predicted octanol–water partition coefficient (Wildman–Crippen LogP) is 2.60. The van der Waals surface area contributed by atoms with Gasteiger partial charge < -0.3 is 5.11 Å². The van der Waals surface area contributed by atoms with Gasteiger partial charge in [0, 0.05) is 0 Å². The summed E-state index contributed by atoms with van der Waals surface area (Å²) in [4.78, 5) is 0. The number of aromatic hydroxyl groups is 1. The molecule has 3 nitrogen and oxygen atoms in total. The molecule has 1 N–H and O–H groups in total. The SMILES string of the molecule is Cc1ccc(Cn2ncc(O)c2Cl)cc1. The highest BCUT2D eigenvalue weighted by Gasteiger charge is 2.06. The van der Waals surface area contributed by atoms with E-state index in [0.29, 0.717) is 6.54 Å². The molecule has 15 heavy (non-hydrogen) atoms. The number of aryl methyl sites for hydroxylation is 1. The first-order chi connectivity index (χ1) is 7.16. The maximum absolute atomic E-state index is 9.25. The van der Waals surface area contributed by atoms with Crippen LogP contribution in [0.5, 0.6) is 5.75 Å². The van der Waals surface area contributed by atoms with Gasteiger partial charge in [-0.3, -0.25) is 0 Å². The van der Waals surface area contributed by atoms with Gasteiger partial charge in [-0.05, 0) is 12.5 Å². The summed E-state index contributed by atoms with van der Waals surface area (Å²) in [6, 6.07) is 8.11. The van der Waals surface area contributed by atoms with E-state index < -0.39 is 0 Å². The van der Waals surface area contributed by atoms with E-state index in [9.17, 15) is 5.11 Å². The van der Waals surface area contributed by atoms with E-state index in [4.69, 9.17) is 11.6 Å². The van der Waals surface area contributed by atoms with Crippen molar-refractivity contribution in [3.63, 3.8) is 0 Å². The molecule has 0 aliphatic heterocycles. The Morgan fingerprint density at radius 3 is 2.53 bits per heavy atom. The molecule has 2 rings (SSSR count). The Hall–Kier alpha value is -1.48. The number of benzene rings is 1. The maximum Gasteiger partial charge on any atom is 0.173 e. The number of hydrogen-bond donors (Lipinski definition) is 1. The van der Waals surface area contributed by atoms with Gasteiger partial charge in [0.1, 0.15) is 0 Å². The maximum atomic E-state index is 9.25. The van der Waals surface area contributed by atoms with Gasteiger partial charge in [-0.1, -0.05) is 41.4 Å². The number of nitrogens with zero attached hydrogens (tertiary/aromatic N) is 2. The van der Waals surface area contributed by atoms with Gasteiger partial charge in [0.25, 0.3) is 0 Å². The van der Waals surface area contributed by atoms with E-state index in [1.165, 1.54) is 11.8 Å². The fraction of sp³-hybridized carbons (Fsp3) is 0.182. The van der Waals surface area contributed by atoms with Gasteiger partial charge in [0.2, 0.25) is 0 Å². The van der Waals surface area contributed by atoms with Gasteiger partial charge in [-0.15, -0.1) is 0 Å². The van der Waals surface area contributed by atoms with E-state index >= 15 is 0 Å². The molecule has 0 aliphatic carbocycles. The number of hydrogen-bond acceptors (Lipinski definition) is 2. The lowest BCUT2D eigenvalue weighted by atomic mass is 10.1. The average Bonchev–Trinajstić information content (AvgIpc) is 2.53. The molecule has 0 saturated carbocycles. The lowest BCUT2D eigenvalue weighted by Crippen LogP contribution is -2.01. The molecule has 0 bridgehead atoms. The summed E-state index contributed by atoms with van der Waals surface area (Å²) in [5.41, 5.74) is 2.32. The summed E-state index contributed by atoms with van der Waals surface area (Å²) in [6.45, 7) is 2.61. The van der Waals surface area contributed by atoms with Crippen LogP contribution in [0.3, 0.4) is 0 Å². The Kier molecular flexibility index (Phi) is 2.64. The second kappa shape index (κ2) is 3.95. The first kappa shape index (κ1) is 10.1. The summed E-state index contributed by atoms with van der Waals surface area (Å²) in [5, 5.41) is 13.5. The van der Waals surface area contributed by atoms with Crippen LogP contribution in [-0.2, 0) is 6.54 Å². The Bertz CT molecular complexity index is 462. The van der Waals surface area contributed by atoms with Crippen molar-refractivity contribution in [3.05, 3.63) is 46.7 Å². The molecule has 0 atom stereocenters. The van der Waals surface area contributed by atoms with Crippen LogP contribution < -0.4 is 0 Å². The molecule has 1 aromatic heterocycles. The van der Waals surface area contributed by atoms with Crippen molar-refractivity contribution in [2.24, 2.45) is 0 Å². The number of rotatable bonds is 2. The summed E-state index contributed by atoms with van der Waals surface area (Å²) in [5.74, 6) is 0.0174. The van der Waals surface area contributed by atoms with Crippen LogP contribution in [0.2, 0.25) is 5.15 Å². The van der Waals surface area contributed by atoms with E-state index in [0.717, 1.165) is 5.56 Å². The molecule has 2 aromatic rings. The van der Waals surface area contributed by atoms with Crippen molar-refractivity contribution in [1.82, 2.24) is 9.78 Å². The second-order valence-corrected chi connectivity index (χ2v) is 3.82. The molecule has 0 spiro atoms. The van der Waals surface area contributed by atoms with Gasteiger partial charge in [-0.25, -0.2) is 4.68 Å². The largest absolute Gasteiger partial charge is 0.504 e. The number of halogens is 1. The molecule has 0 unspecified atom stereocenters. The molecule has 0 amide bonds. The molecule has 1 heterocycles. The Morgan fingerprint density at radius 2 is 2.00 bits per heavy atom. The fourth-order valence-electron chi connectivity index (χ4n) is 1.34. The Balaban J connectivity index is 2.22. The zero-order valence-corrected chi connectivity index (χ0v) is 9.07. The third-order valence-corrected chi connectivity index (χ3v) is 2.60. The first-order valence-corrected chi connectivity index (χ1v) is 5.00. The molecule has 0 radical (unpaired) electrons. The van der Waals surface area contributed by atoms with Crippen molar-refractivity contribution < 1.29 is 5.11 Å². The molecular formula is C11H11ClN2O. The summed E-state index contributed by atoms with van der Waals surface area (Å²) < 4.78 is 1.56. The molecular weight excluding hydrogens is 212 g/mol. The predicted molar refractivity (Wildman–Crippen MR) is 59.2 cm³/mol. The molecule has 0 saturated heterocycles. The quantitative estimate of drug-likeness (QED) is 0.848. The Labute approximate surface area is 92.9 Å². The van der Waals surface area contributed by atoms with Crippen molar-refractivity contribution in [1.29, 1.82) is 0 Å². The van der Waals surface area contributed by atoms with Crippen LogP contribution in [-0.4, -0.2) is 14.9 Å². The monoisotopic (exact) mass is 222 g/mol. The smallest absolute Gasteiger partial charge is 0.173 e. The van der Waals surface area contributed by atoms with E-state index in [2.05, 4.69) is 5.10 Å². The third-order valence-electron chi connectivity index (χ3n) is 2.21. The lowest BCUT2D eigenvalue weighted by Gasteiger charge is -2.03. The van der Waals surface area contributed by atoms with Crippen LogP contribution in [0.4, 0.5) is 0 Å². The van der Waals surface area contributed by atoms with Crippen molar-refractivity contribution in [2.45, 2.75) is 13.5 Å². The molecule has 0 aliphatic rings. The molecule has 1 aromatic carbocycles. The zero-order chi connectivity index (χ0) is 10.8. The lowest BCUT2D eigenvalue weighted by molar-refractivity contribution is 0.474. The van der Waals surface area contributed by atoms with Crippen LogP contribution in [0, 0.1) is 6.92 Å². The topological polar surface area (TPSA) is 38.0 Å². The van der Waals surface area contributed by atoms with Crippen molar-refractivity contribution in [2.75, 3.05) is 0 Å². The highest BCUT2D eigenvalue weighted by Crippen LogP contribution is 2.22. The fourth-order valence-corrected chi connectivity index (χ4v) is 1.49.